The molecule has 0 spiro atoms. The molecule has 3 N–H and O–H groups in total. The first-order chi connectivity index (χ1) is 13.9. The smallest absolute Gasteiger partial charge is 0.253 e. The molecule has 0 fully saturated rings. The zero-order chi connectivity index (χ0) is 21.2. The number of amides is 1. The van der Waals surface area contributed by atoms with Crippen LogP contribution < -0.4 is 15.8 Å². The first-order valence-corrected chi connectivity index (χ1v) is 9.49. The predicted molar refractivity (Wildman–Crippen MR) is 115 cm³/mol. The summed E-state index contributed by atoms with van der Waals surface area (Å²) in [5.41, 5.74) is 8.89. The summed E-state index contributed by atoms with van der Waals surface area (Å²) in [5, 5.41) is 2.87. The molecule has 0 aliphatic heterocycles. The van der Waals surface area contributed by atoms with Gasteiger partial charge in [0.05, 0.1) is 5.57 Å². The van der Waals surface area contributed by atoms with Gasteiger partial charge in [0.1, 0.15) is 17.3 Å². The highest BCUT2D eigenvalue weighted by Crippen LogP contribution is 2.22. The lowest BCUT2D eigenvalue weighted by molar-refractivity contribution is -0.117. The largest absolute Gasteiger partial charge is 0.457 e. The number of hydrogen-bond acceptors (Lipinski definition) is 3. The Balaban J connectivity index is 1.96. The summed E-state index contributed by atoms with van der Waals surface area (Å²) < 4.78 is 18.8. The molecule has 2 aromatic rings. The summed E-state index contributed by atoms with van der Waals surface area (Å²) in [6, 6.07) is 13.2. The van der Waals surface area contributed by atoms with Gasteiger partial charge in [-0.15, -0.1) is 0 Å². The molecule has 2 aromatic carbocycles. The number of carbonyl (C=O) groups is 1. The van der Waals surface area contributed by atoms with Gasteiger partial charge in [-0.25, -0.2) is 4.39 Å². The van der Waals surface area contributed by atoms with Crippen LogP contribution in [0.4, 0.5) is 4.39 Å². The van der Waals surface area contributed by atoms with E-state index in [0.29, 0.717) is 29.3 Å². The van der Waals surface area contributed by atoms with Crippen LogP contribution in [0.25, 0.3) is 0 Å². The average molecular weight is 394 g/mol. The third kappa shape index (κ3) is 7.30. The van der Waals surface area contributed by atoms with Crippen LogP contribution in [0.2, 0.25) is 0 Å². The van der Waals surface area contributed by atoms with Crippen molar-refractivity contribution in [3.63, 3.8) is 0 Å². The Labute approximate surface area is 171 Å². The summed E-state index contributed by atoms with van der Waals surface area (Å²) in [6.07, 6.45) is 6.48. The molecular weight excluding hydrogens is 367 g/mol. The van der Waals surface area contributed by atoms with E-state index in [1.165, 1.54) is 17.7 Å². The highest BCUT2D eigenvalue weighted by molar-refractivity contribution is 5.96. The second-order valence-electron chi connectivity index (χ2n) is 6.71. The number of halogens is 1. The number of nitrogens with one attached hydrogen (secondary N) is 1. The monoisotopic (exact) mass is 394 g/mol. The number of allylic oxidation sites excluding steroid dienone is 4. The van der Waals surface area contributed by atoms with Crippen LogP contribution in [0.15, 0.2) is 83.6 Å². The minimum Gasteiger partial charge on any atom is -0.457 e. The fourth-order valence-electron chi connectivity index (χ4n) is 2.43. The molecule has 0 heterocycles. The molecule has 29 heavy (non-hydrogen) atoms. The lowest BCUT2D eigenvalue weighted by Gasteiger charge is -2.09. The van der Waals surface area contributed by atoms with E-state index < -0.39 is 0 Å². The topological polar surface area (TPSA) is 64.3 Å². The SMILES string of the molecule is CCC(C)=C/C=C\C(C(=O)NCc1ccc(Oc2cccc(F)c2)cc1)=C(/C)N. The van der Waals surface area contributed by atoms with Crippen LogP contribution in [0.1, 0.15) is 32.8 Å². The first kappa shape index (κ1) is 22.0. The summed E-state index contributed by atoms with van der Waals surface area (Å²) in [5.74, 6) is 0.433. The number of carbonyl (C=O) groups excluding carboxylic acids is 1. The van der Waals surface area contributed by atoms with Gasteiger partial charge in [-0.05, 0) is 56.2 Å². The molecule has 1 amide bonds. The quantitative estimate of drug-likeness (QED) is 0.467. The molecule has 0 unspecified atom stereocenters. The summed E-state index contributed by atoms with van der Waals surface area (Å²) in [4.78, 5) is 12.5. The van der Waals surface area contributed by atoms with E-state index in [2.05, 4.69) is 12.2 Å². The maximum atomic E-state index is 13.2. The van der Waals surface area contributed by atoms with Crippen molar-refractivity contribution in [2.24, 2.45) is 5.73 Å². The van der Waals surface area contributed by atoms with Crippen molar-refractivity contribution in [1.82, 2.24) is 5.32 Å². The van der Waals surface area contributed by atoms with Crippen molar-refractivity contribution in [2.45, 2.75) is 33.7 Å². The van der Waals surface area contributed by atoms with E-state index >= 15 is 0 Å². The average Bonchev–Trinajstić information content (AvgIpc) is 2.70. The van der Waals surface area contributed by atoms with Crippen LogP contribution in [-0.4, -0.2) is 5.91 Å². The lowest BCUT2D eigenvalue weighted by Crippen LogP contribution is -2.25. The zero-order valence-corrected chi connectivity index (χ0v) is 17.0. The highest BCUT2D eigenvalue weighted by atomic mass is 19.1. The zero-order valence-electron chi connectivity index (χ0n) is 17.0. The predicted octanol–water partition coefficient (Wildman–Crippen LogP) is 5.38. The van der Waals surface area contributed by atoms with Gasteiger partial charge in [0.2, 0.25) is 0 Å². The van der Waals surface area contributed by atoms with Gasteiger partial charge in [0, 0.05) is 18.3 Å². The van der Waals surface area contributed by atoms with E-state index in [4.69, 9.17) is 10.5 Å². The summed E-state index contributed by atoms with van der Waals surface area (Å²) >= 11 is 0. The number of ether oxygens (including phenoxy) is 1. The Bertz CT molecular complexity index is 924. The standard InChI is InChI=1S/C24H27FN2O2/c1-4-17(2)7-5-10-23(18(3)26)24(28)27-16-19-11-13-21(14-12-19)29-22-9-6-8-20(25)15-22/h5-15H,4,16,26H2,1-3H3,(H,27,28)/b10-5-,17-7?,23-18-. The fraction of sp³-hybridized carbons (Fsp3) is 0.208. The van der Waals surface area contributed by atoms with Crippen LogP contribution in [0.5, 0.6) is 11.5 Å². The van der Waals surface area contributed by atoms with Gasteiger partial charge in [0.25, 0.3) is 5.91 Å². The van der Waals surface area contributed by atoms with Gasteiger partial charge in [-0.1, -0.05) is 42.8 Å². The van der Waals surface area contributed by atoms with Crippen LogP contribution in [-0.2, 0) is 11.3 Å². The Morgan fingerprint density at radius 3 is 2.48 bits per heavy atom. The fourth-order valence-corrected chi connectivity index (χ4v) is 2.43. The van der Waals surface area contributed by atoms with E-state index in [9.17, 15) is 9.18 Å². The van der Waals surface area contributed by atoms with E-state index in [-0.39, 0.29) is 11.7 Å². The van der Waals surface area contributed by atoms with E-state index in [0.717, 1.165) is 12.0 Å². The highest BCUT2D eigenvalue weighted by Gasteiger charge is 2.08. The van der Waals surface area contributed by atoms with Crippen LogP contribution in [0, 0.1) is 5.82 Å². The molecule has 5 heteroatoms. The van der Waals surface area contributed by atoms with Crippen LogP contribution in [0.3, 0.4) is 0 Å². The van der Waals surface area contributed by atoms with Gasteiger partial charge >= 0.3 is 0 Å². The third-order valence-electron chi connectivity index (χ3n) is 4.28. The number of nitrogens with two attached hydrogens (primary N) is 1. The molecule has 0 saturated carbocycles. The van der Waals surface area contributed by atoms with Crippen molar-refractivity contribution >= 4 is 5.91 Å². The molecule has 4 nitrogen and oxygen atoms in total. The molecule has 0 atom stereocenters. The normalized spacial score (nSPS) is 12.6. The van der Waals surface area contributed by atoms with Crippen molar-refractivity contribution < 1.29 is 13.9 Å². The molecule has 0 bridgehead atoms. The number of hydrogen-bond donors (Lipinski definition) is 2. The second kappa shape index (κ2) is 10.9. The Kier molecular flexibility index (Phi) is 8.22. The van der Waals surface area contributed by atoms with Crippen molar-refractivity contribution in [3.8, 4) is 11.5 Å². The molecule has 0 aliphatic rings. The third-order valence-corrected chi connectivity index (χ3v) is 4.28. The Hall–Kier alpha value is -3.34. The van der Waals surface area contributed by atoms with Crippen molar-refractivity contribution in [2.75, 3.05) is 0 Å². The van der Waals surface area contributed by atoms with Crippen molar-refractivity contribution in [3.05, 3.63) is 95.0 Å². The van der Waals surface area contributed by atoms with E-state index in [1.54, 1.807) is 37.3 Å². The van der Waals surface area contributed by atoms with Gasteiger partial charge in [-0.2, -0.15) is 0 Å². The van der Waals surface area contributed by atoms with Gasteiger partial charge in [-0.3, -0.25) is 4.79 Å². The van der Waals surface area contributed by atoms with Gasteiger partial charge < -0.3 is 15.8 Å². The molecular formula is C24H27FN2O2. The maximum absolute atomic E-state index is 13.2. The Morgan fingerprint density at radius 1 is 1.14 bits per heavy atom. The second-order valence-corrected chi connectivity index (χ2v) is 6.71. The summed E-state index contributed by atoms with van der Waals surface area (Å²) in [6.45, 7) is 6.16. The molecule has 0 saturated heterocycles. The molecule has 0 aliphatic carbocycles. The minimum atomic E-state index is -0.352. The lowest BCUT2D eigenvalue weighted by atomic mass is 10.1. The van der Waals surface area contributed by atoms with E-state index in [1.807, 2.05) is 31.2 Å². The number of benzene rings is 2. The molecule has 2 rings (SSSR count). The minimum absolute atomic E-state index is 0.233. The van der Waals surface area contributed by atoms with Gasteiger partial charge in [0.15, 0.2) is 0 Å². The number of rotatable bonds is 8. The molecule has 152 valence electrons. The maximum Gasteiger partial charge on any atom is 0.253 e. The first-order valence-electron chi connectivity index (χ1n) is 9.49. The molecule has 0 aromatic heterocycles. The Morgan fingerprint density at radius 2 is 1.86 bits per heavy atom. The van der Waals surface area contributed by atoms with Crippen molar-refractivity contribution in [1.29, 1.82) is 0 Å². The van der Waals surface area contributed by atoms with Crippen LogP contribution >= 0.6 is 0 Å². The summed E-state index contributed by atoms with van der Waals surface area (Å²) in [7, 11) is 0. The molecule has 0 radical (unpaired) electrons.